The minimum Gasteiger partial charge on any atom is -0.468 e. The molecule has 0 radical (unpaired) electrons. The Morgan fingerprint density at radius 3 is 2.40 bits per heavy atom. The van der Waals surface area contributed by atoms with Crippen LogP contribution >= 0.6 is 23.4 Å². The molecule has 0 atom stereocenters. The molecule has 0 saturated carbocycles. The number of amides is 2. The van der Waals surface area contributed by atoms with Gasteiger partial charge in [-0.3, -0.25) is 14.5 Å². The van der Waals surface area contributed by atoms with Gasteiger partial charge in [-0.1, -0.05) is 41.9 Å². The molecule has 30 heavy (non-hydrogen) atoms. The number of carbonyl (C=O) groups excluding carboxylic acids is 2. The molecule has 1 aliphatic heterocycles. The van der Waals surface area contributed by atoms with E-state index in [0.29, 0.717) is 21.3 Å². The number of halogens is 1. The first-order chi connectivity index (χ1) is 14.4. The molecule has 4 nitrogen and oxygen atoms in total. The quantitative estimate of drug-likeness (QED) is 0.460. The molecule has 152 valence electrons. The minimum atomic E-state index is -0.278. The van der Waals surface area contributed by atoms with E-state index in [2.05, 4.69) is 0 Å². The lowest BCUT2D eigenvalue weighted by molar-refractivity contribution is -0.137. The molecule has 0 N–H and O–H groups in total. The van der Waals surface area contributed by atoms with Crippen LogP contribution < -0.4 is 0 Å². The number of hydrogen-bond acceptors (Lipinski definition) is 4. The second-order valence-electron chi connectivity index (χ2n) is 7.19. The molecule has 0 bridgehead atoms. The lowest BCUT2D eigenvalue weighted by Gasteiger charge is -2.15. The van der Waals surface area contributed by atoms with Gasteiger partial charge in [0.1, 0.15) is 5.76 Å². The molecule has 0 unspecified atom stereocenters. The molecule has 6 heteroatoms. The average molecular weight is 438 g/mol. The van der Waals surface area contributed by atoms with Crippen LogP contribution in [0.25, 0.3) is 5.57 Å². The fraction of sp³-hybridized carbons (Fsp3) is 0.167. The number of furan rings is 1. The fourth-order valence-electron chi connectivity index (χ4n) is 3.29. The summed E-state index contributed by atoms with van der Waals surface area (Å²) in [6.07, 6.45) is 1.60. The maximum Gasteiger partial charge on any atom is 0.268 e. The Labute approximate surface area is 184 Å². The molecule has 2 heterocycles. The van der Waals surface area contributed by atoms with Crippen LogP contribution in [-0.2, 0) is 21.9 Å². The van der Waals surface area contributed by atoms with Gasteiger partial charge < -0.3 is 4.42 Å². The van der Waals surface area contributed by atoms with Crippen molar-refractivity contribution < 1.29 is 14.0 Å². The first kappa shape index (κ1) is 20.5. The third-order valence-corrected chi connectivity index (χ3v) is 6.46. The number of carbonyl (C=O) groups is 2. The van der Waals surface area contributed by atoms with Gasteiger partial charge in [0, 0.05) is 5.02 Å². The van der Waals surface area contributed by atoms with Gasteiger partial charge in [0.05, 0.1) is 29.0 Å². The lowest BCUT2D eigenvalue weighted by atomic mass is 10.0. The van der Waals surface area contributed by atoms with E-state index in [4.69, 9.17) is 16.0 Å². The molecular formula is C24H20ClNO3S. The number of nitrogens with zero attached hydrogens (tertiary/aromatic N) is 1. The average Bonchev–Trinajstić information content (AvgIpc) is 3.32. The van der Waals surface area contributed by atoms with Gasteiger partial charge in [-0.15, -0.1) is 11.8 Å². The molecule has 2 amide bonds. The molecular weight excluding hydrogens is 418 g/mol. The van der Waals surface area contributed by atoms with Gasteiger partial charge in [0.15, 0.2) is 0 Å². The van der Waals surface area contributed by atoms with Crippen LogP contribution in [0.3, 0.4) is 0 Å². The zero-order chi connectivity index (χ0) is 21.3. The Bertz CT molecular complexity index is 1130. The highest BCUT2D eigenvalue weighted by atomic mass is 35.5. The number of rotatable bonds is 6. The first-order valence-corrected chi connectivity index (χ1v) is 10.9. The Balaban J connectivity index is 1.69. The molecule has 0 saturated heterocycles. The van der Waals surface area contributed by atoms with Gasteiger partial charge in [0.25, 0.3) is 11.8 Å². The molecule has 1 aromatic heterocycles. The highest BCUT2D eigenvalue weighted by molar-refractivity contribution is 8.03. The normalized spacial score (nSPS) is 14.2. The Kier molecular flexibility index (Phi) is 5.84. The van der Waals surface area contributed by atoms with Gasteiger partial charge in [-0.2, -0.15) is 0 Å². The second-order valence-corrected chi connectivity index (χ2v) is 8.62. The van der Waals surface area contributed by atoms with Gasteiger partial charge in [0.2, 0.25) is 0 Å². The molecule has 1 aliphatic rings. The van der Waals surface area contributed by atoms with Crippen molar-refractivity contribution >= 4 is 40.8 Å². The van der Waals surface area contributed by atoms with E-state index in [1.807, 2.05) is 56.3 Å². The molecule has 2 aromatic carbocycles. The molecule has 4 rings (SSSR count). The van der Waals surface area contributed by atoms with Crippen LogP contribution in [-0.4, -0.2) is 16.7 Å². The minimum absolute atomic E-state index is 0.202. The zero-order valence-electron chi connectivity index (χ0n) is 16.6. The predicted octanol–water partition coefficient (Wildman–Crippen LogP) is 5.76. The van der Waals surface area contributed by atoms with Crippen molar-refractivity contribution in [2.45, 2.75) is 26.1 Å². The summed E-state index contributed by atoms with van der Waals surface area (Å²) in [6.45, 7) is 4.23. The smallest absolute Gasteiger partial charge is 0.268 e. The SMILES string of the molecule is Cc1ccc(C2=C(SCc3ccco3)C(=O)N(Cc3ccc(Cl)cc3)C2=O)cc1C. The van der Waals surface area contributed by atoms with Crippen LogP contribution in [0.4, 0.5) is 0 Å². The van der Waals surface area contributed by atoms with Crippen LogP contribution in [0.15, 0.2) is 70.2 Å². The maximum atomic E-state index is 13.3. The van der Waals surface area contributed by atoms with Crippen LogP contribution in [0, 0.1) is 13.8 Å². The van der Waals surface area contributed by atoms with Crippen molar-refractivity contribution in [1.29, 1.82) is 0 Å². The van der Waals surface area contributed by atoms with Crippen LogP contribution in [0.5, 0.6) is 0 Å². The molecule has 0 fully saturated rings. The Hall–Kier alpha value is -2.76. The van der Waals surface area contributed by atoms with Crippen molar-refractivity contribution in [3.05, 3.63) is 98.8 Å². The van der Waals surface area contributed by atoms with Crippen molar-refractivity contribution in [3.8, 4) is 0 Å². The van der Waals surface area contributed by atoms with Crippen molar-refractivity contribution in [1.82, 2.24) is 4.90 Å². The predicted molar refractivity (Wildman–Crippen MR) is 120 cm³/mol. The van der Waals surface area contributed by atoms with E-state index in [9.17, 15) is 9.59 Å². The number of hydrogen-bond donors (Lipinski definition) is 0. The third-order valence-electron chi connectivity index (χ3n) is 5.11. The largest absolute Gasteiger partial charge is 0.468 e. The van der Waals surface area contributed by atoms with Crippen molar-refractivity contribution in [2.24, 2.45) is 0 Å². The van der Waals surface area contributed by atoms with Crippen molar-refractivity contribution in [2.75, 3.05) is 0 Å². The summed E-state index contributed by atoms with van der Waals surface area (Å²) in [5.41, 5.74) is 4.27. The van der Waals surface area contributed by atoms with Crippen LogP contribution in [0.1, 0.15) is 28.0 Å². The molecule has 0 aliphatic carbocycles. The molecule has 3 aromatic rings. The standard InChI is InChI=1S/C24H20ClNO3S/c1-15-5-8-18(12-16(15)2)21-22(30-14-20-4-3-11-29-20)24(28)26(23(21)27)13-17-6-9-19(25)10-7-17/h3-12H,13-14H2,1-2H3. The fourth-order valence-corrected chi connectivity index (χ4v) is 4.45. The first-order valence-electron chi connectivity index (χ1n) is 9.52. The van der Waals surface area contributed by atoms with Gasteiger partial charge >= 0.3 is 0 Å². The molecule has 0 spiro atoms. The summed E-state index contributed by atoms with van der Waals surface area (Å²) in [4.78, 5) is 28.3. The number of benzene rings is 2. The maximum absolute atomic E-state index is 13.3. The van der Waals surface area contributed by atoms with Crippen molar-refractivity contribution in [3.63, 3.8) is 0 Å². The number of aryl methyl sites for hydroxylation is 2. The number of thioether (sulfide) groups is 1. The summed E-state index contributed by atoms with van der Waals surface area (Å²) in [7, 11) is 0. The van der Waals surface area contributed by atoms with Gasteiger partial charge in [-0.05, 0) is 60.4 Å². The highest BCUT2D eigenvalue weighted by Gasteiger charge is 2.39. The summed E-state index contributed by atoms with van der Waals surface area (Å²) in [5.74, 6) is 0.674. The Morgan fingerprint density at radius 2 is 1.73 bits per heavy atom. The Morgan fingerprint density at radius 1 is 0.967 bits per heavy atom. The summed E-state index contributed by atoms with van der Waals surface area (Å²) in [5, 5.41) is 0.612. The third kappa shape index (κ3) is 4.09. The summed E-state index contributed by atoms with van der Waals surface area (Å²) >= 11 is 7.30. The topological polar surface area (TPSA) is 50.5 Å². The van der Waals surface area contributed by atoms with E-state index < -0.39 is 0 Å². The number of imide groups is 1. The second kappa shape index (κ2) is 8.54. The monoisotopic (exact) mass is 437 g/mol. The van der Waals surface area contributed by atoms with E-state index in [-0.39, 0.29) is 18.4 Å². The van der Waals surface area contributed by atoms with E-state index in [1.165, 1.54) is 16.7 Å². The highest BCUT2D eigenvalue weighted by Crippen LogP contribution is 2.38. The summed E-state index contributed by atoms with van der Waals surface area (Å²) in [6, 6.07) is 16.7. The van der Waals surface area contributed by atoms with E-state index >= 15 is 0 Å². The van der Waals surface area contributed by atoms with E-state index in [1.54, 1.807) is 18.4 Å². The van der Waals surface area contributed by atoms with E-state index in [0.717, 1.165) is 28.0 Å². The lowest BCUT2D eigenvalue weighted by Crippen LogP contribution is -2.30. The van der Waals surface area contributed by atoms with Gasteiger partial charge in [-0.25, -0.2) is 0 Å². The zero-order valence-corrected chi connectivity index (χ0v) is 18.2. The van der Waals surface area contributed by atoms with Crippen LogP contribution in [0.2, 0.25) is 5.02 Å². The summed E-state index contributed by atoms with van der Waals surface area (Å²) < 4.78 is 5.40.